The molecule has 2 heterocycles. The van der Waals surface area contributed by atoms with Gasteiger partial charge in [0.05, 0.1) is 5.69 Å². The second-order valence-corrected chi connectivity index (χ2v) is 8.31. The highest BCUT2D eigenvalue weighted by Gasteiger charge is 2.31. The first-order chi connectivity index (χ1) is 17.3. The molecular weight excluding hydrogens is 469 g/mol. The van der Waals surface area contributed by atoms with Gasteiger partial charge in [-0.15, -0.1) is 18.3 Å². The fourth-order valence-corrected chi connectivity index (χ4v) is 4.20. The van der Waals surface area contributed by atoms with Crippen LogP contribution in [0.4, 0.5) is 13.2 Å². The molecule has 182 valence electrons. The highest BCUT2D eigenvalue weighted by atomic mass is 19.4. The summed E-state index contributed by atoms with van der Waals surface area (Å²) < 4.78 is 42.5. The number of halogens is 3. The Morgan fingerprint density at radius 1 is 0.944 bits per heavy atom. The normalized spacial score (nSPS) is 13.2. The van der Waals surface area contributed by atoms with Gasteiger partial charge in [0.2, 0.25) is 0 Å². The summed E-state index contributed by atoms with van der Waals surface area (Å²) in [7, 11) is 0. The van der Waals surface area contributed by atoms with Crippen molar-refractivity contribution in [2.75, 3.05) is 6.54 Å². The average molecular weight is 490 g/mol. The summed E-state index contributed by atoms with van der Waals surface area (Å²) in [5, 5.41) is 4.46. The molecule has 0 saturated carbocycles. The van der Waals surface area contributed by atoms with Gasteiger partial charge in [0, 0.05) is 28.9 Å². The van der Waals surface area contributed by atoms with Crippen LogP contribution in [0.5, 0.6) is 5.75 Å². The van der Waals surface area contributed by atoms with Gasteiger partial charge in [0.15, 0.2) is 5.82 Å². The monoisotopic (exact) mass is 490 g/mol. The standard InChI is InChI=1S/C27H21F3N4O2/c1-18-23-9-2-3-10-24(23)26(35)33(18)15-5-7-19-6-4-8-20(16-19)25-31-17-34(32-25)21-11-13-22(14-12-21)36-27(28,29)30/h2-4,6,8-14,16-17H,1,5,7,15H2. The van der Waals surface area contributed by atoms with Crippen molar-refractivity contribution in [2.45, 2.75) is 19.2 Å². The molecule has 1 amide bonds. The van der Waals surface area contributed by atoms with Crippen LogP contribution in [0, 0.1) is 0 Å². The van der Waals surface area contributed by atoms with E-state index in [1.54, 1.807) is 4.90 Å². The van der Waals surface area contributed by atoms with Crippen LogP contribution in [0.25, 0.3) is 22.8 Å². The van der Waals surface area contributed by atoms with Crippen molar-refractivity contribution >= 4 is 11.6 Å². The van der Waals surface area contributed by atoms with Gasteiger partial charge in [-0.25, -0.2) is 9.67 Å². The Labute approximate surface area is 205 Å². The number of benzene rings is 3. The van der Waals surface area contributed by atoms with Crippen LogP contribution in [0.3, 0.4) is 0 Å². The molecule has 5 rings (SSSR count). The Hall–Kier alpha value is -4.40. The van der Waals surface area contributed by atoms with E-state index in [1.807, 2.05) is 48.5 Å². The maximum absolute atomic E-state index is 12.7. The predicted molar refractivity (Wildman–Crippen MR) is 128 cm³/mol. The molecule has 0 radical (unpaired) electrons. The molecule has 0 bridgehead atoms. The number of carbonyl (C=O) groups is 1. The maximum atomic E-state index is 12.7. The zero-order chi connectivity index (χ0) is 25.3. The SMILES string of the molecule is C=C1c2ccccc2C(=O)N1CCCc1cccc(-c2ncn(-c3ccc(OC(F)(F)F)cc3)n2)c1. The number of hydrogen-bond acceptors (Lipinski definition) is 4. The van der Waals surface area contributed by atoms with Gasteiger partial charge in [-0.3, -0.25) is 4.79 Å². The Balaban J connectivity index is 1.23. The van der Waals surface area contributed by atoms with E-state index in [0.29, 0.717) is 23.6 Å². The van der Waals surface area contributed by atoms with E-state index in [2.05, 4.69) is 21.4 Å². The van der Waals surface area contributed by atoms with Crippen molar-refractivity contribution in [3.05, 3.63) is 102 Å². The third-order valence-corrected chi connectivity index (χ3v) is 5.90. The Morgan fingerprint density at radius 3 is 2.42 bits per heavy atom. The van der Waals surface area contributed by atoms with Crippen molar-refractivity contribution in [3.8, 4) is 22.8 Å². The largest absolute Gasteiger partial charge is 0.573 e. The molecule has 36 heavy (non-hydrogen) atoms. The van der Waals surface area contributed by atoms with Crippen LogP contribution >= 0.6 is 0 Å². The van der Waals surface area contributed by atoms with Gasteiger partial charge < -0.3 is 9.64 Å². The number of rotatable bonds is 7. The molecule has 1 aromatic heterocycles. The summed E-state index contributed by atoms with van der Waals surface area (Å²) in [4.78, 5) is 18.8. The van der Waals surface area contributed by atoms with Crippen molar-refractivity contribution < 1.29 is 22.7 Å². The fraction of sp³-hybridized carbons (Fsp3) is 0.148. The lowest BCUT2D eigenvalue weighted by atomic mass is 10.1. The molecule has 1 aliphatic rings. The molecule has 0 N–H and O–H groups in total. The van der Waals surface area contributed by atoms with Crippen LogP contribution in [0.1, 0.15) is 27.9 Å². The number of aromatic nitrogens is 3. The number of ether oxygens (including phenoxy) is 1. The van der Waals surface area contributed by atoms with Crippen molar-refractivity contribution in [3.63, 3.8) is 0 Å². The highest BCUT2D eigenvalue weighted by Crippen LogP contribution is 2.31. The van der Waals surface area contributed by atoms with Crippen LogP contribution in [-0.2, 0) is 6.42 Å². The van der Waals surface area contributed by atoms with E-state index >= 15 is 0 Å². The predicted octanol–water partition coefficient (Wildman–Crippen LogP) is 5.89. The second kappa shape index (κ2) is 9.33. The summed E-state index contributed by atoms with van der Waals surface area (Å²) in [5.41, 5.74) is 4.75. The minimum absolute atomic E-state index is 0.0166. The first-order valence-corrected chi connectivity index (χ1v) is 11.3. The Morgan fingerprint density at radius 2 is 1.69 bits per heavy atom. The van der Waals surface area contributed by atoms with Crippen molar-refractivity contribution in [2.24, 2.45) is 0 Å². The lowest BCUT2D eigenvalue weighted by Gasteiger charge is -2.17. The van der Waals surface area contributed by atoms with Gasteiger partial charge in [-0.2, -0.15) is 0 Å². The first kappa shape index (κ1) is 23.3. The van der Waals surface area contributed by atoms with Crippen LogP contribution in [0.15, 0.2) is 85.7 Å². The fourth-order valence-electron chi connectivity index (χ4n) is 4.20. The lowest BCUT2D eigenvalue weighted by molar-refractivity contribution is -0.274. The zero-order valence-electron chi connectivity index (χ0n) is 19.1. The summed E-state index contributed by atoms with van der Waals surface area (Å²) in [6, 6.07) is 20.7. The van der Waals surface area contributed by atoms with E-state index in [0.717, 1.165) is 35.2 Å². The minimum Gasteiger partial charge on any atom is -0.406 e. The third kappa shape index (κ3) is 4.86. The Bertz CT molecular complexity index is 1390. The molecule has 1 aliphatic heterocycles. The van der Waals surface area contributed by atoms with Gasteiger partial charge in [-0.05, 0) is 54.8 Å². The zero-order valence-corrected chi connectivity index (χ0v) is 19.1. The van der Waals surface area contributed by atoms with Crippen molar-refractivity contribution in [1.82, 2.24) is 19.7 Å². The number of nitrogens with zero attached hydrogens (tertiary/aromatic N) is 4. The Kier molecular flexibility index (Phi) is 6.05. The second-order valence-electron chi connectivity index (χ2n) is 8.31. The van der Waals surface area contributed by atoms with E-state index in [1.165, 1.54) is 35.3 Å². The summed E-state index contributed by atoms with van der Waals surface area (Å²) in [6.45, 7) is 4.65. The van der Waals surface area contributed by atoms with Crippen LogP contribution in [0.2, 0.25) is 0 Å². The summed E-state index contributed by atoms with van der Waals surface area (Å²) in [6.07, 6.45) is -1.72. The molecule has 0 saturated heterocycles. The molecule has 3 aromatic carbocycles. The molecule has 0 atom stereocenters. The van der Waals surface area contributed by atoms with Gasteiger partial charge in [-0.1, -0.05) is 43.0 Å². The summed E-state index contributed by atoms with van der Waals surface area (Å²) in [5.74, 6) is 0.172. The number of hydrogen-bond donors (Lipinski definition) is 0. The van der Waals surface area contributed by atoms with E-state index in [-0.39, 0.29) is 11.7 Å². The molecule has 0 fully saturated rings. The molecular formula is C27H21F3N4O2. The molecule has 4 aromatic rings. The smallest absolute Gasteiger partial charge is 0.406 e. The van der Waals surface area contributed by atoms with E-state index in [4.69, 9.17) is 0 Å². The van der Waals surface area contributed by atoms with Crippen LogP contribution in [-0.4, -0.2) is 38.5 Å². The van der Waals surface area contributed by atoms with E-state index < -0.39 is 6.36 Å². The molecule has 0 aliphatic carbocycles. The maximum Gasteiger partial charge on any atom is 0.573 e. The minimum atomic E-state index is -4.74. The van der Waals surface area contributed by atoms with E-state index in [9.17, 15) is 18.0 Å². The third-order valence-electron chi connectivity index (χ3n) is 5.90. The number of aryl methyl sites for hydroxylation is 1. The van der Waals surface area contributed by atoms with Crippen molar-refractivity contribution in [1.29, 1.82) is 0 Å². The van der Waals surface area contributed by atoms with Gasteiger partial charge in [0.1, 0.15) is 12.1 Å². The lowest BCUT2D eigenvalue weighted by Crippen LogP contribution is -2.24. The molecule has 6 nitrogen and oxygen atoms in total. The molecule has 0 spiro atoms. The van der Waals surface area contributed by atoms with Gasteiger partial charge in [0.25, 0.3) is 5.91 Å². The number of fused-ring (bicyclic) bond motifs is 1. The summed E-state index contributed by atoms with van der Waals surface area (Å²) >= 11 is 0. The quantitative estimate of drug-likeness (QED) is 0.324. The van der Waals surface area contributed by atoms with Crippen LogP contribution < -0.4 is 4.74 Å². The molecule has 0 unspecified atom stereocenters. The average Bonchev–Trinajstić information content (AvgIpc) is 3.44. The van der Waals surface area contributed by atoms with Gasteiger partial charge >= 0.3 is 6.36 Å². The number of amides is 1. The highest BCUT2D eigenvalue weighted by molar-refractivity contribution is 6.08. The first-order valence-electron chi connectivity index (χ1n) is 11.3. The number of carbonyl (C=O) groups excluding carboxylic acids is 1. The number of alkyl halides is 3. The topological polar surface area (TPSA) is 60.2 Å². The molecule has 9 heteroatoms.